The first-order chi connectivity index (χ1) is 10.7. The highest BCUT2D eigenvalue weighted by molar-refractivity contribution is 5.84. The van der Waals surface area contributed by atoms with Crippen molar-refractivity contribution in [3.63, 3.8) is 0 Å². The maximum Gasteiger partial charge on any atom is 0.172 e. The van der Waals surface area contributed by atoms with Crippen LogP contribution in [0.3, 0.4) is 0 Å². The van der Waals surface area contributed by atoms with Gasteiger partial charge in [0.2, 0.25) is 0 Å². The third-order valence-corrected chi connectivity index (χ3v) is 3.41. The molecule has 2 aromatic carbocycles. The van der Waals surface area contributed by atoms with Gasteiger partial charge in [-0.05, 0) is 25.1 Å². The van der Waals surface area contributed by atoms with Gasteiger partial charge < -0.3 is 4.74 Å². The lowest BCUT2D eigenvalue weighted by Gasteiger charge is -2.11. The number of hydrogen-bond acceptors (Lipinski definition) is 4. The van der Waals surface area contributed by atoms with Crippen molar-refractivity contribution in [2.75, 3.05) is 7.11 Å². The number of carbonyl (C=O) groups is 1. The number of para-hydroxylation sites is 2. The second-order valence-electron chi connectivity index (χ2n) is 4.89. The molecule has 0 aliphatic heterocycles. The van der Waals surface area contributed by atoms with E-state index in [4.69, 9.17) is 4.74 Å². The van der Waals surface area contributed by atoms with Crippen LogP contribution in [-0.2, 0) is 0 Å². The van der Waals surface area contributed by atoms with Crippen LogP contribution in [0.5, 0.6) is 5.75 Å². The standard InChI is InChI=1S/C17H15N3O2/c1-12-6-5-7-13(10-12)17-14(11-21)18-19-20(17)15-8-3-4-9-16(15)22-2/h3-11H,1-2H3. The first kappa shape index (κ1) is 14.0. The SMILES string of the molecule is COc1ccccc1-n1nnc(C=O)c1-c1cccc(C)c1. The molecule has 0 unspecified atom stereocenters. The molecule has 0 saturated heterocycles. The summed E-state index contributed by atoms with van der Waals surface area (Å²) in [5.74, 6) is 0.666. The van der Waals surface area contributed by atoms with E-state index in [0.717, 1.165) is 23.1 Å². The Morgan fingerprint density at radius 2 is 1.95 bits per heavy atom. The van der Waals surface area contributed by atoms with E-state index in [1.807, 2.05) is 55.5 Å². The molecule has 0 fully saturated rings. The molecule has 3 rings (SSSR count). The molecule has 3 aromatic rings. The zero-order valence-corrected chi connectivity index (χ0v) is 12.4. The van der Waals surface area contributed by atoms with Gasteiger partial charge >= 0.3 is 0 Å². The quantitative estimate of drug-likeness (QED) is 0.694. The maximum atomic E-state index is 11.3. The summed E-state index contributed by atoms with van der Waals surface area (Å²) in [5.41, 5.74) is 3.68. The molecule has 22 heavy (non-hydrogen) atoms. The molecule has 0 aliphatic carbocycles. The van der Waals surface area contributed by atoms with Crippen molar-refractivity contribution in [1.29, 1.82) is 0 Å². The lowest BCUT2D eigenvalue weighted by Crippen LogP contribution is -2.02. The molecule has 1 heterocycles. The molecule has 0 aliphatic rings. The first-order valence-electron chi connectivity index (χ1n) is 6.86. The van der Waals surface area contributed by atoms with Gasteiger partial charge in [-0.2, -0.15) is 0 Å². The van der Waals surface area contributed by atoms with Crippen LogP contribution in [0, 0.1) is 6.92 Å². The number of aldehydes is 1. The topological polar surface area (TPSA) is 57.0 Å². The molecule has 0 bridgehead atoms. The zero-order chi connectivity index (χ0) is 15.5. The lowest BCUT2D eigenvalue weighted by molar-refractivity contribution is 0.111. The highest BCUT2D eigenvalue weighted by Gasteiger charge is 2.18. The average molecular weight is 293 g/mol. The number of rotatable bonds is 4. The summed E-state index contributed by atoms with van der Waals surface area (Å²) >= 11 is 0. The van der Waals surface area contributed by atoms with Crippen molar-refractivity contribution in [3.05, 3.63) is 59.8 Å². The van der Waals surface area contributed by atoms with Crippen molar-refractivity contribution in [2.24, 2.45) is 0 Å². The molecule has 0 atom stereocenters. The zero-order valence-electron chi connectivity index (χ0n) is 12.4. The van der Waals surface area contributed by atoms with E-state index in [2.05, 4.69) is 10.3 Å². The fourth-order valence-corrected chi connectivity index (χ4v) is 2.41. The average Bonchev–Trinajstić information content (AvgIpc) is 2.98. The van der Waals surface area contributed by atoms with E-state index < -0.39 is 0 Å². The predicted octanol–water partition coefficient (Wildman–Crippen LogP) is 3.06. The number of aryl methyl sites for hydroxylation is 1. The normalized spacial score (nSPS) is 10.5. The molecule has 0 N–H and O–H groups in total. The number of carbonyl (C=O) groups excluding carboxylic acids is 1. The van der Waals surface area contributed by atoms with E-state index in [-0.39, 0.29) is 0 Å². The van der Waals surface area contributed by atoms with Gasteiger partial charge in [-0.15, -0.1) is 5.10 Å². The Labute approximate surface area is 128 Å². The summed E-state index contributed by atoms with van der Waals surface area (Å²) < 4.78 is 7.02. The molecule has 0 spiro atoms. The molecule has 5 nitrogen and oxygen atoms in total. The Kier molecular flexibility index (Phi) is 3.70. The van der Waals surface area contributed by atoms with E-state index in [0.29, 0.717) is 17.1 Å². The van der Waals surface area contributed by atoms with Crippen molar-refractivity contribution in [3.8, 4) is 22.7 Å². The van der Waals surface area contributed by atoms with Gasteiger partial charge in [-0.3, -0.25) is 4.79 Å². The lowest BCUT2D eigenvalue weighted by atomic mass is 10.1. The van der Waals surface area contributed by atoms with Gasteiger partial charge in [0.1, 0.15) is 17.1 Å². The van der Waals surface area contributed by atoms with Crippen LogP contribution in [0.25, 0.3) is 16.9 Å². The molecule has 0 amide bonds. The van der Waals surface area contributed by atoms with Gasteiger partial charge in [-0.25, -0.2) is 4.68 Å². The highest BCUT2D eigenvalue weighted by Crippen LogP contribution is 2.29. The summed E-state index contributed by atoms with van der Waals surface area (Å²) in [5, 5.41) is 8.11. The minimum atomic E-state index is 0.302. The van der Waals surface area contributed by atoms with Crippen LogP contribution in [0.2, 0.25) is 0 Å². The van der Waals surface area contributed by atoms with Crippen molar-refractivity contribution in [1.82, 2.24) is 15.0 Å². The predicted molar refractivity (Wildman–Crippen MR) is 83.5 cm³/mol. The second-order valence-corrected chi connectivity index (χ2v) is 4.89. The van der Waals surface area contributed by atoms with Crippen molar-refractivity contribution >= 4 is 6.29 Å². The molecule has 1 aromatic heterocycles. The Hall–Kier alpha value is -2.95. The van der Waals surface area contributed by atoms with Crippen LogP contribution < -0.4 is 4.74 Å². The van der Waals surface area contributed by atoms with Gasteiger partial charge in [0.15, 0.2) is 12.0 Å². The third kappa shape index (κ3) is 2.37. The van der Waals surface area contributed by atoms with Crippen LogP contribution in [0.15, 0.2) is 48.5 Å². The van der Waals surface area contributed by atoms with Crippen molar-refractivity contribution < 1.29 is 9.53 Å². The smallest absolute Gasteiger partial charge is 0.172 e. The number of ether oxygens (including phenoxy) is 1. The van der Waals surface area contributed by atoms with Crippen LogP contribution in [0.1, 0.15) is 16.1 Å². The first-order valence-corrected chi connectivity index (χ1v) is 6.86. The molecule has 110 valence electrons. The van der Waals surface area contributed by atoms with E-state index in [1.54, 1.807) is 11.8 Å². The number of methoxy groups -OCH3 is 1. The fraction of sp³-hybridized carbons (Fsp3) is 0.118. The molecule has 0 radical (unpaired) electrons. The summed E-state index contributed by atoms with van der Waals surface area (Å²) in [6.45, 7) is 2.00. The molecular weight excluding hydrogens is 278 g/mol. The Balaban J connectivity index is 2.26. The largest absolute Gasteiger partial charge is 0.494 e. The molecule has 0 saturated carbocycles. The number of benzene rings is 2. The van der Waals surface area contributed by atoms with Crippen LogP contribution >= 0.6 is 0 Å². The van der Waals surface area contributed by atoms with E-state index in [9.17, 15) is 4.79 Å². The maximum absolute atomic E-state index is 11.3. The molecule has 5 heteroatoms. The summed E-state index contributed by atoms with van der Waals surface area (Å²) in [6, 6.07) is 15.4. The van der Waals surface area contributed by atoms with Gasteiger partial charge in [0.25, 0.3) is 0 Å². The van der Waals surface area contributed by atoms with Gasteiger partial charge in [0, 0.05) is 5.56 Å². The Morgan fingerprint density at radius 3 is 2.68 bits per heavy atom. The van der Waals surface area contributed by atoms with E-state index >= 15 is 0 Å². The Morgan fingerprint density at radius 1 is 1.14 bits per heavy atom. The summed E-state index contributed by atoms with van der Waals surface area (Å²) in [7, 11) is 1.60. The van der Waals surface area contributed by atoms with Crippen molar-refractivity contribution in [2.45, 2.75) is 6.92 Å². The minimum Gasteiger partial charge on any atom is -0.494 e. The number of nitrogens with zero attached hydrogens (tertiary/aromatic N) is 3. The molecular formula is C17H15N3O2. The minimum absolute atomic E-state index is 0.302. The van der Waals surface area contributed by atoms with Gasteiger partial charge in [-0.1, -0.05) is 41.1 Å². The number of hydrogen-bond donors (Lipinski definition) is 0. The Bertz CT molecular complexity index is 824. The van der Waals surface area contributed by atoms with Crippen LogP contribution in [-0.4, -0.2) is 28.4 Å². The summed E-state index contributed by atoms with van der Waals surface area (Å²) in [6.07, 6.45) is 0.719. The monoisotopic (exact) mass is 293 g/mol. The second kappa shape index (κ2) is 5.81. The van der Waals surface area contributed by atoms with Gasteiger partial charge in [0.05, 0.1) is 7.11 Å². The summed E-state index contributed by atoms with van der Waals surface area (Å²) in [4.78, 5) is 11.3. The van der Waals surface area contributed by atoms with E-state index in [1.165, 1.54) is 0 Å². The van der Waals surface area contributed by atoms with Crippen LogP contribution in [0.4, 0.5) is 0 Å². The third-order valence-electron chi connectivity index (χ3n) is 3.41. The number of aromatic nitrogens is 3. The highest BCUT2D eigenvalue weighted by atomic mass is 16.5. The fourth-order valence-electron chi connectivity index (χ4n) is 2.41.